The number of rotatable bonds is 7. The van der Waals surface area contributed by atoms with Gasteiger partial charge >= 0.3 is 5.97 Å². The molecule has 0 aliphatic heterocycles. The Balaban J connectivity index is 1.74. The number of hydrogen-bond donors (Lipinski definition) is 3. The number of carboxylic acid groups (broad SMARTS) is 1. The van der Waals surface area contributed by atoms with Crippen LogP contribution in [0, 0.1) is 0 Å². The number of aliphatic carboxylic acids is 1. The molecule has 0 unspecified atom stereocenters. The van der Waals surface area contributed by atoms with Crippen molar-refractivity contribution in [3.63, 3.8) is 0 Å². The fourth-order valence-electron chi connectivity index (χ4n) is 1.42. The first-order chi connectivity index (χ1) is 9.08. The molecule has 1 heterocycles. The van der Waals surface area contributed by atoms with E-state index in [2.05, 4.69) is 15.5 Å². The van der Waals surface area contributed by atoms with Crippen LogP contribution in [0.15, 0.2) is 11.5 Å². The third-order valence-electron chi connectivity index (χ3n) is 2.59. The Morgan fingerprint density at radius 1 is 1.58 bits per heavy atom. The summed E-state index contributed by atoms with van der Waals surface area (Å²) in [6.07, 6.45) is 2.26. The highest BCUT2D eigenvalue weighted by Crippen LogP contribution is 2.37. The van der Waals surface area contributed by atoms with Crippen molar-refractivity contribution in [2.24, 2.45) is 0 Å². The van der Waals surface area contributed by atoms with Crippen LogP contribution >= 0.6 is 11.8 Å². The van der Waals surface area contributed by atoms with Gasteiger partial charge in [-0.15, -0.1) is 10.2 Å². The van der Waals surface area contributed by atoms with E-state index < -0.39 is 12.1 Å². The molecule has 104 valence electrons. The summed E-state index contributed by atoms with van der Waals surface area (Å²) < 4.78 is 1.93. The van der Waals surface area contributed by atoms with Crippen molar-refractivity contribution < 1.29 is 19.8 Å². The zero-order valence-electron chi connectivity index (χ0n) is 10.0. The molecule has 0 aromatic carbocycles. The fraction of sp³-hybridized carbons (Fsp3) is 0.600. The predicted molar refractivity (Wildman–Crippen MR) is 65.7 cm³/mol. The number of thioether (sulfide) groups is 1. The normalized spacial score (nSPS) is 16.1. The Kier molecular flexibility index (Phi) is 4.38. The quantitative estimate of drug-likeness (QED) is 0.565. The number of nitrogens with one attached hydrogen (secondary N) is 1. The fourth-order valence-corrected chi connectivity index (χ4v) is 2.23. The van der Waals surface area contributed by atoms with Crippen LogP contribution < -0.4 is 5.32 Å². The van der Waals surface area contributed by atoms with E-state index >= 15 is 0 Å². The number of aliphatic hydroxyl groups is 1. The van der Waals surface area contributed by atoms with E-state index in [9.17, 15) is 9.59 Å². The topological polar surface area (TPSA) is 117 Å². The van der Waals surface area contributed by atoms with Crippen LogP contribution in [-0.2, 0) is 9.59 Å². The van der Waals surface area contributed by atoms with E-state index in [1.807, 2.05) is 4.57 Å². The average Bonchev–Trinajstić information content (AvgIpc) is 3.12. The first-order valence-electron chi connectivity index (χ1n) is 5.78. The van der Waals surface area contributed by atoms with Gasteiger partial charge in [-0.2, -0.15) is 0 Å². The molecule has 0 saturated heterocycles. The molecule has 3 N–H and O–H groups in total. The summed E-state index contributed by atoms with van der Waals surface area (Å²) in [5.74, 6) is -1.60. The maximum Gasteiger partial charge on any atom is 0.334 e. The summed E-state index contributed by atoms with van der Waals surface area (Å²) in [5.41, 5.74) is 0. The van der Waals surface area contributed by atoms with Crippen LogP contribution in [0.3, 0.4) is 0 Å². The van der Waals surface area contributed by atoms with Crippen LogP contribution in [0.25, 0.3) is 0 Å². The Hall–Kier alpha value is -1.61. The summed E-state index contributed by atoms with van der Waals surface area (Å²) in [7, 11) is 0. The first-order valence-corrected chi connectivity index (χ1v) is 6.76. The Bertz CT molecular complexity index is 474. The molecule has 0 radical (unpaired) electrons. The Morgan fingerprint density at radius 3 is 2.95 bits per heavy atom. The molecule has 1 fully saturated rings. The van der Waals surface area contributed by atoms with Gasteiger partial charge in [0, 0.05) is 6.04 Å². The first kappa shape index (κ1) is 13.8. The van der Waals surface area contributed by atoms with Crippen LogP contribution in [0.4, 0.5) is 0 Å². The second-order valence-electron chi connectivity index (χ2n) is 4.20. The SMILES string of the molecule is O=C(CSc1nncn1C1CC1)NC[C@H](O)C(=O)O. The number of amides is 1. The van der Waals surface area contributed by atoms with Gasteiger partial charge in [-0.1, -0.05) is 11.8 Å². The smallest absolute Gasteiger partial charge is 0.334 e. The highest BCUT2D eigenvalue weighted by Gasteiger charge is 2.26. The van der Waals surface area contributed by atoms with Crippen molar-refractivity contribution in [1.82, 2.24) is 20.1 Å². The monoisotopic (exact) mass is 286 g/mol. The molecular weight excluding hydrogens is 272 g/mol. The van der Waals surface area contributed by atoms with Gasteiger partial charge in [-0.3, -0.25) is 4.79 Å². The molecule has 8 nitrogen and oxygen atoms in total. The van der Waals surface area contributed by atoms with Gasteiger partial charge in [0.25, 0.3) is 0 Å². The van der Waals surface area contributed by atoms with Crippen LogP contribution in [0.2, 0.25) is 0 Å². The highest BCUT2D eigenvalue weighted by atomic mass is 32.2. The number of hydrogen-bond acceptors (Lipinski definition) is 6. The molecule has 2 rings (SSSR count). The van der Waals surface area contributed by atoms with Crippen molar-refractivity contribution in [1.29, 1.82) is 0 Å². The van der Waals surface area contributed by atoms with Crippen LogP contribution in [-0.4, -0.2) is 55.3 Å². The molecule has 1 aliphatic rings. The summed E-state index contributed by atoms with van der Waals surface area (Å²) in [6, 6.07) is 0.439. The van der Waals surface area contributed by atoms with Crippen molar-refractivity contribution in [2.75, 3.05) is 12.3 Å². The number of carbonyl (C=O) groups is 2. The lowest BCUT2D eigenvalue weighted by Crippen LogP contribution is -2.37. The van der Waals surface area contributed by atoms with Gasteiger partial charge in [0.1, 0.15) is 6.33 Å². The molecule has 1 saturated carbocycles. The summed E-state index contributed by atoms with van der Waals surface area (Å²) in [4.78, 5) is 21.8. The van der Waals surface area contributed by atoms with Gasteiger partial charge in [-0.25, -0.2) is 4.79 Å². The molecule has 0 bridgehead atoms. The van der Waals surface area contributed by atoms with E-state index in [0.717, 1.165) is 12.8 Å². The molecule has 9 heteroatoms. The van der Waals surface area contributed by atoms with E-state index in [1.54, 1.807) is 6.33 Å². The van der Waals surface area contributed by atoms with E-state index in [4.69, 9.17) is 10.2 Å². The molecule has 1 aromatic rings. The van der Waals surface area contributed by atoms with Crippen molar-refractivity contribution >= 4 is 23.6 Å². The third kappa shape index (κ3) is 3.93. The lowest BCUT2D eigenvalue weighted by molar-refractivity contribution is -0.146. The number of carbonyl (C=O) groups excluding carboxylic acids is 1. The molecular formula is C10H14N4O4S. The van der Waals surface area contributed by atoms with Crippen LogP contribution in [0.1, 0.15) is 18.9 Å². The zero-order chi connectivity index (χ0) is 13.8. The number of aromatic nitrogens is 3. The molecule has 1 aliphatic carbocycles. The number of carboxylic acids is 1. The largest absolute Gasteiger partial charge is 0.479 e. The van der Waals surface area contributed by atoms with Crippen molar-refractivity contribution in [2.45, 2.75) is 30.1 Å². The van der Waals surface area contributed by atoms with E-state index in [1.165, 1.54) is 11.8 Å². The van der Waals surface area contributed by atoms with Gasteiger partial charge in [0.2, 0.25) is 5.91 Å². The molecule has 19 heavy (non-hydrogen) atoms. The predicted octanol–water partition coefficient (Wildman–Crippen LogP) is -0.733. The van der Waals surface area contributed by atoms with Gasteiger partial charge in [0.05, 0.1) is 12.3 Å². The zero-order valence-corrected chi connectivity index (χ0v) is 10.8. The minimum atomic E-state index is -1.58. The van der Waals surface area contributed by atoms with E-state index in [0.29, 0.717) is 11.2 Å². The van der Waals surface area contributed by atoms with Crippen molar-refractivity contribution in [3.05, 3.63) is 6.33 Å². The second-order valence-corrected chi connectivity index (χ2v) is 5.14. The maximum absolute atomic E-state index is 11.5. The third-order valence-corrected chi connectivity index (χ3v) is 3.55. The lowest BCUT2D eigenvalue weighted by atomic mass is 10.3. The summed E-state index contributed by atoms with van der Waals surface area (Å²) in [5, 5.41) is 28.2. The molecule has 1 amide bonds. The summed E-state index contributed by atoms with van der Waals surface area (Å²) >= 11 is 1.24. The molecule has 1 atom stereocenters. The van der Waals surface area contributed by atoms with E-state index in [-0.39, 0.29) is 18.2 Å². The van der Waals surface area contributed by atoms with Gasteiger partial charge < -0.3 is 20.1 Å². The Morgan fingerprint density at radius 2 is 2.32 bits per heavy atom. The number of aliphatic hydroxyl groups excluding tert-OH is 1. The summed E-state index contributed by atoms with van der Waals surface area (Å²) in [6.45, 7) is -0.302. The second kappa shape index (κ2) is 6.02. The minimum Gasteiger partial charge on any atom is -0.479 e. The van der Waals surface area contributed by atoms with Crippen molar-refractivity contribution in [3.8, 4) is 0 Å². The van der Waals surface area contributed by atoms with Gasteiger partial charge in [0.15, 0.2) is 11.3 Å². The minimum absolute atomic E-state index is 0.109. The van der Waals surface area contributed by atoms with Crippen LogP contribution in [0.5, 0.6) is 0 Å². The molecule has 1 aromatic heterocycles. The number of nitrogens with zero attached hydrogens (tertiary/aromatic N) is 3. The van der Waals surface area contributed by atoms with Gasteiger partial charge in [-0.05, 0) is 12.8 Å². The molecule has 0 spiro atoms. The lowest BCUT2D eigenvalue weighted by Gasteiger charge is -2.07. The maximum atomic E-state index is 11.5. The Labute approximate surface area is 113 Å². The standard InChI is InChI=1S/C10H14N4O4S/c15-7(9(17)18)3-11-8(16)4-19-10-13-12-5-14(10)6-1-2-6/h5-7,15H,1-4H2,(H,11,16)(H,17,18)/t7-/m0/s1. The highest BCUT2D eigenvalue weighted by molar-refractivity contribution is 7.99. The average molecular weight is 286 g/mol.